The summed E-state index contributed by atoms with van der Waals surface area (Å²) in [5.74, 6) is 0.973. The molecule has 21 heavy (non-hydrogen) atoms. The number of nitrogen functional groups attached to an aromatic ring is 1. The number of nitrogens with two attached hydrogens (primary N) is 1. The third-order valence-corrected chi connectivity index (χ3v) is 2.92. The fourth-order valence-electron chi connectivity index (χ4n) is 1.97. The third kappa shape index (κ3) is 4.32. The van der Waals surface area contributed by atoms with Crippen molar-refractivity contribution in [2.45, 2.75) is 13.5 Å². The fraction of sp³-hybridized carbons (Fsp3) is 0.267. The molecule has 2 aromatic rings. The molecule has 1 heterocycles. The van der Waals surface area contributed by atoms with Crippen molar-refractivity contribution >= 4 is 17.3 Å². The van der Waals surface area contributed by atoms with Crippen LogP contribution in [0.3, 0.4) is 0 Å². The van der Waals surface area contributed by atoms with Crippen molar-refractivity contribution in [3.05, 3.63) is 47.7 Å². The summed E-state index contributed by atoms with van der Waals surface area (Å²) in [6.07, 6.45) is 0. The summed E-state index contributed by atoms with van der Waals surface area (Å²) in [5, 5.41) is 2.66. The highest BCUT2D eigenvalue weighted by molar-refractivity contribution is 5.95. The van der Waals surface area contributed by atoms with Gasteiger partial charge < -0.3 is 15.5 Å². The van der Waals surface area contributed by atoms with Crippen LogP contribution < -0.4 is 11.1 Å². The number of halogens is 1. The number of likely N-dealkylation sites (N-methyl/N-ethyl adjacent to an activating group) is 1. The van der Waals surface area contributed by atoms with E-state index in [1.54, 1.807) is 0 Å². The number of anilines is 2. The molecule has 6 heteroatoms. The predicted octanol–water partition coefficient (Wildman–Crippen LogP) is 2.38. The summed E-state index contributed by atoms with van der Waals surface area (Å²) in [5.41, 5.74) is 6.25. The molecule has 0 spiro atoms. The summed E-state index contributed by atoms with van der Waals surface area (Å²) in [6.45, 7) is 2.57. The molecule has 0 radical (unpaired) electrons. The third-order valence-electron chi connectivity index (χ3n) is 2.92. The van der Waals surface area contributed by atoms with Crippen LogP contribution in [0.15, 0.2) is 34.7 Å². The molecule has 0 saturated carbocycles. The van der Waals surface area contributed by atoms with Crippen LogP contribution in [-0.4, -0.2) is 24.4 Å². The molecule has 5 nitrogen and oxygen atoms in total. The SMILES string of the molecule is Cc1ccc(CN(C)CC(=O)Nc2ccc(F)cc2N)o1. The lowest BCUT2D eigenvalue weighted by Crippen LogP contribution is -2.29. The van der Waals surface area contributed by atoms with E-state index in [2.05, 4.69) is 5.32 Å². The van der Waals surface area contributed by atoms with Gasteiger partial charge in [-0.25, -0.2) is 4.39 Å². The number of hydrogen-bond donors (Lipinski definition) is 2. The minimum absolute atomic E-state index is 0.177. The summed E-state index contributed by atoms with van der Waals surface area (Å²) in [6, 6.07) is 7.62. The highest BCUT2D eigenvalue weighted by Gasteiger charge is 2.11. The van der Waals surface area contributed by atoms with Gasteiger partial charge >= 0.3 is 0 Å². The molecule has 0 atom stereocenters. The zero-order valence-electron chi connectivity index (χ0n) is 12.0. The number of aryl methyl sites for hydroxylation is 1. The number of nitrogens with zero attached hydrogens (tertiary/aromatic N) is 1. The van der Waals surface area contributed by atoms with E-state index >= 15 is 0 Å². The molecule has 0 unspecified atom stereocenters. The summed E-state index contributed by atoms with van der Waals surface area (Å²) < 4.78 is 18.4. The number of rotatable bonds is 5. The lowest BCUT2D eigenvalue weighted by Gasteiger charge is -2.15. The number of carbonyl (C=O) groups excluding carboxylic acids is 1. The molecule has 112 valence electrons. The van der Waals surface area contributed by atoms with E-state index in [1.807, 2.05) is 31.0 Å². The molecule has 1 amide bonds. The van der Waals surface area contributed by atoms with E-state index < -0.39 is 5.82 Å². The van der Waals surface area contributed by atoms with Crippen LogP contribution in [0.5, 0.6) is 0 Å². The Hall–Kier alpha value is -2.34. The Morgan fingerprint density at radius 1 is 1.38 bits per heavy atom. The molecule has 0 aliphatic rings. The Kier molecular flexibility index (Phi) is 4.59. The van der Waals surface area contributed by atoms with Gasteiger partial charge in [0, 0.05) is 0 Å². The molecule has 0 fully saturated rings. The number of nitrogens with one attached hydrogen (secondary N) is 1. The Morgan fingerprint density at radius 3 is 2.76 bits per heavy atom. The first-order chi connectivity index (χ1) is 9.94. The van der Waals surface area contributed by atoms with Gasteiger partial charge in [0.25, 0.3) is 0 Å². The Morgan fingerprint density at radius 2 is 2.14 bits per heavy atom. The van der Waals surface area contributed by atoms with Gasteiger partial charge in [0.05, 0.1) is 24.5 Å². The average Bonchev–Trinajstić information content (AvgIpc) is 2.78. The van der Waals surface area contributed by atoms with Crippen LogP contribution in [0.4, 0.5) is 15.8 Å². The molecular weight excluding hydrogens is 273 g/mol. The molecule has 0 aliphatic carbocycles. The van der Waals surface area contributed by atoms with Crippen LogP contribution in [0.25, 0.3) is 0 Å². The van der Waals surface area contributed by atoms with Crippen molar-refractivity contribution in [3.63, 3.8) is 0 Å². The number of carbonyl (C=O) groups is 1. The van der Waals surface area contributed by atoms with E-state index in [9.17, 15) is 9.18 Å². The largest absolute Gasteiger partial charge is 0.465 e. The zero-order valence-corrected chi connectivity index (χ0v) is 12.0. The van der Waals surface area contributed by atoms with E-state index in [0.717, 1.165) is 11.5 Å². The van der Waals surface area contributed by atoms with Crippen molar-refractivity contribution in [3.8, 4) is 0 Å². The van der Waals surface area contributed by atoms with Gasteiger partial charge in [-0.15, -0.1) is 0 Å². The maximum Gasteiger partial charge on any atom is 0.238 e. The summed E-state index contributed by atoms with van der Waals surface area (Å²) in [7, 11) is 1.81. The number of amides is 1. The van der Waals surface area contributed by atoms with E-state index in [0.29, 0.717) is 12.2 Å². The first-order valence-electron chi connectivity index (χ1n) is 6.53. The Balaban J connectivity index is 1.89. The van der Waals surface area contributed by atoms with Gasteiger partial charge in [-0.1, -0.05) is 0 Å². The summed E-state index contributed by atoms with van der Waals surface area (Å²) in [4.78, 5) is 13.7. The second-order valence-corrected chi connectivity index (χ2v) is 4.96. The van der Waals surface area contributed by atoms with Gasteiger partial charge in [0.2, 0.25) is 5.91 Å². The van der Waals surface area contributed by atoms with E-state index in [-0.39, 0.29) is 18.1 Å². The number of benzene rings is 1. The second kappa shape index (κ2) is 6.41. The smallest absolute Gasteiger partial charge is 0.238 e. The minimum atomic E-state index is -0.434. The highest BCUT2D eigenvalue weighted by Crippen LogP contribution is 2.19. The first kappa shape index (κ1) is 15.1. The molecule has 3 N–H and O–H groups in total. The van der Waals surface area contributed by atoms with E-state index in [4.69, 9.17) is 10.2 Å². The first-order valence-corrected chi connectivity index (χ1v) is 6.53. The highest BCUT2D eigenvalue weighted by atomic mass is 19.1. The molecule has 0 bridgehead atoms. The van der Waals surface area contributed by atoms with Crippen LogP contribution in [0.1, 0.15) is 11.5 Å². The fourth-order valence-corrected chi connectivity index (χ4v) is 1.97. The van der Waals surface area contributed by atoms with Gasteiger partial charge in [0.1, 0.15) is 17.3 Å². The van der Waals surface area contributed by atoms with Gasteiger partial charge in [-0.05, 0) is 44.3 Å². The monoisotopic (exact) mass is 291 g/mol. The standard InChI is InChI=1S/C15H18FN3O2/c1-10-3-5-12(21-10)8-19(2)9-15(20)18-14-6-4-11(16)7-13(14)17/h3-7H,8-9,17H2,1-2H3,(H,18,20). The average molecular weight is 291 g/mol. The van der Waals surface area contributed by atoms with Crippen LogP contribution in [0, 0.1) is 12.7 Å². The minimum Gasteiger partial charge on any atom is -0.465 e. The topological polar surface area (TPSA) is 71.5 Å². The normalized spacial score (nSPS) is 10.9. The molecule has 0 saturated heterocycles. The molecule has 1 aromatic heterocycles. The van der Waals surface area contributed by atoms with Crippen LogP contribution in [0.2, 0.25) is 0 Å². The van der Waals surface area contributed by atoms with Crippen molar-refractivity contribution < 1.29 is 13.6 Å². The van der Waals surface area contributed by atoms with Crippen molar-refractivity contribution in [2.24, 2.45) is 0 Å². The van der Waals surface area contributed by atoms with Gasteiger partial charge in [-0.2, -0.15) is 0 Å². The molecule has 1 aromatic carbocycles. The van der Waals surface area contributed by atoms with Gasteiger partial charge in [0.15, 0.2) is 0 Å². The quantitative estimate of drug-likeness (QED) is 0.830. The zero-order chi connectivity index (χ0) is 15.4. The van der Waals surface area contributed by atoms with Crippen molar-refractivity contribution in [1.29, 1.82) is 0 Å². The van der Waals surface area contributed by atoms with Crippen molar-refractivity contribution in [1.82, 2.24) is 4.90 Å². The second-order valence-electron chi connectivity index (χ2n) is 4.96. The number of furan rings is 1. The lowest BCUT2D eigenvalue weighted by molar-refractivity contribution is -0.117. The summed E-state index contributed by atoms with van der Waals surface area (Å²) >= 11 is 0. The van der Waals surface area contributed by atoms with Crippen molar-refractivity contribution in [2.75, 3.05) is 24.6 Å². The maximum absolute atomic E-state index is 12.9. The van der Waals surface area contributed by atoms with Gasteiger partial charge in [-0.3, -0.25) is 9.69 Å². The van der Waals surface area contributed by atoms with E-state index in [1.165, 1.54) is 18.2 Å². The maximum atomic E-state index is 12.9. The Bertz CT molecular complexity index is 640. The predicted molar refractivity (Wildman–Crippen MR) is 79.2 cm³/mol. The van der Waals surface area contributed by atoms with Crippen LogP contribution >= 0.6 is 0 Å². The molecule has 0 aliphatic heterocycles. The molecular formula is C15H18FN3O2. The Labute approximate surface area is 122 Å². The lowest BCUT2D eigenvalue weighted by atomic mass is 10.2. The molecule has 2 rings (SSSR count). The van der Waals surface area contributed by atoms with Crippen LogP contribution in [-0.2, 0) is 11.3 Å². The number of hydrogen-bond acceptors (Lipinski definition) is 4.